The average molecular weight is 282 g/mol. The number of hydrogen-bond acceptors (Lipinski definition) is 2. The van der Waals surface area contributed by atoms with Crippen molar-refractivity contribution in [2.24, 2.45) is 5.92 Å². The van der Waals surface area contributed by atoms with Crippen LogP contribution < -0.4 is 10.6 Å². The van der Waals surface area contributed by atoms with Gasteiger partial charge in [0.15, 0.2) is 0 Å². The molecule has 1 saturated carbocycles. The van der Waals surface area contributed by atoms with E-state index in [0.29, 0.717) is 5.92 Å². The number of hydrogen-bond donors (Lipinski definition) is 2. The molecule has 20 heavy (non-hydrogen) atoms. The van der Waals surface area contributed by atoms with Gasteiger partial charge in [0, 0.05) is 18.7 Å². The Labute approximate surface area is 117 Å². The summed E-state index contributed by atoms with van der Waals surface area (Å²) >= 11 is 0. The Kier molecular flexibility index (Phi) is 4.57. The molecule has 0 heterocycles. The first-order chi connectivity index (χ1) is 9.52. The van der Waals surface area contributed by atoms with Crippen molar-refractivity contribution < 1.29 is 13.6 Å². The van der Waals surface area contributed by atoms with Crippen molar-refractivity contribution >= 4 is 11.6 Å². The summed E-state index contributed by atoms with van der Waals surface area (Å²) in [6.07, 6.45) is 4.25. The van der Waals surface area contributed by atoms with Gasteiger partial charge in [0.05, 0.1) is 0 Å². The minimum Gasteiger partial charge on any atom is -0.383 e. The van der Waals surface area contributed by atoms with Gasteiger partial charge in [0.25, 0.3) is 5.91 Å². The van der Waals surface area contributed by atoms with Gasteiger partial charge in [-0.3, -0.25) is 4.79 Å². The Bertz CT molecular complexity index is 482. The number of halogens is 2. The molecule has 2 rings (SSSR count). The predicted molar refractivity (Wildman–Crippen MR) is 74.8 cm³/mol. The van der Waals surface area contributed by atoms with Crippen molar-refractivity contribution in [2.45, 2.75) is 38.6 Å². The summed E-state index contributed by atoms with van der Waals surface area (Å²) in [4.78, 5) is 12.1. The zero-order chi connectivity index (χ0) is 14.7. The molecule has 1 aromatic rings. The Morgan fingerprint density at radius 3 is 2.35 bits per heavy atom. The number of carbonyl (C=O) groups is 1. The molecule has 5 heteroatoms. The molecule has 1 aliphatic rings. The molecule has 3 nitrogen and oxygen atoms in total. The highest BCUT2D eigenvalue weighted by Crippen LogP contribution is 2.25. The van der Waals surface area contributed by atoms with E-state index in [4.69, 9.17) is 0 Å². The van der Waals surface area contributed by atoms with Gasteiger partial charge in [-0.25, -0.2) is 8.78 Å². The van der Waals surface area contributed by atoms with Gasteiger partial charge in [0.1, 0.15) is 17.3 Å². The van der Waals surface area contributed by atoms with Gasteiger partial charge in [-0.2, -0.15) is 0 Å². The second-order valence-corrected chi connectivity index (χ2v) is 5.41. The number of anilines is 1. The molecule has 2 unspecified atom stereocenters. The number of amides is 1. The van der Waals surface area contributed by atoms with E-state index in [1.54, 1.807) is 0 Å². The Hall–Kier alpha value is -1.65. The fourth-order valence-corrected chi connectivity index (χ4v) is 2.73. The van der Waals surface area contributed by atoms with E-state index in [1.807, 2.05) is 0 Å². The molecular weight excluding hydrogens is 262 g/mol. The first-order valence-electron chi connectivity index (χ1n) is 7.00. The van der Waals surface area contributed by atoms with Gasteiger partial charge in [-0.05, 0) is 30.9 Å². The lowest BCUT2D eigenvalue weighted by atomic mass is 9.86. The summed E-state index contributed by atoms with van der Waals surface area (Å²) in [7, 11) is 1.44. The molecule has 0 aromatic heterocycles. The molecule has 1 aliphatic carbocycles. The van der Waals surface area contributed by atoms with Crippen LogP contribution in [0.5, 0.6) is 0 Å². The molecule has 0 radical (unpaired) electrons. The Morgan fingerprint density at radius 1 is 1.20 bits per heavy atom. The molecule has 1 aromatic carbocycles. The van der Waals surface area contributed by atoms with Gasteiger partial charge in [0.2, 0.25) is 0 Å². The maximum Gasteiger partial charge on any atom is 0.251 e. The lowest BCUT2D eigenvalue weighted by Gasteiger charge is -2.29. The minimum atomic E-state index is -0.755. The molecule has 110 valence electrons. The summed E-state index contributed by atoms with van der Waals surface area (Å²) in [6, 6.07) is 2.22. The van der Waals surface area contributed by atoms with Gasteiger partial charge < -0.3 is 10.6 Å². The zero-order valence-corrected chi connectivity index (χ0v) is 11.8. The van der Waals surface area contributed by atoms with E-state index in [9.17, 15) is 13.6 Å². The monoisotopic (exact) mass is 282 g/mol. The summed E-state index contributed by atoms with van der Waals surface area (Å²) in [6.45, 7) is 2.09. The van der Waals surface area contributed by atoms with Crippen LogP contribution in [0.3, 0.4) is 0 Å². The molecule has 2 N–H and O–H groups in total. The van der Waals surface area contributed by atoms with Crippen molar-refractivity contribution in [2.75, 3.05) is 12.4 Å². The third kappa shape index (κ3) is 3.08. The zero-order valence-electron chi connectivity index (χ0n) is 11.8. The SMILES string of the molecule is CNc1c(F)cc(C(=O)NC2CCCCC2C)cc1F. The Morgan fingerprint density at radius 2 is 1.80 bits per heavy atom. The van der Waals surface area contributed by atoms with Crippen LogP contribution in [0.1, 0.15) is 43.0 Å². The van der Waals surface area contributed by atoms with Gasteiger partial charge in [-0.1, -0.05) is 19.8 Å². The van der Waals surface area contributed by atoms with Crippen molar-refractivity contribution in [1.29, 1.82) is 0 Å². The summed E-state index contributed by atoms with van der Waals surface area (Å²) in [5, 5.41) is 5.32. The maximum absolute atomic E-state index is 13.6. The van der Waals surface area contributed by atoms with Crippen LogP contribution in [0.15, 0.2) is 12.1 Å². The van der Waals surface area contributed by atoms with Crippen molar-refractivity contribution in [3.8, 4) is 0 Å². The van der Waals surface area contributed by atoms with E-state index >= 15 is 0 Å². The van der Waals surface area contributed by atoms with Gasteiger partial charge >= 0.3 is 0 Å². The molecule has 0 bridgehead atoms. The average Bonchev–Trinajstić information content (AvgIpc) is 2.41. The molecule has 0 aliphatic heterocycles. The second kappa shape index (κ2) is 6.20. The van der Waals surface area contributed by atoms with E-state index in [0.717, 1.165) is 31.4 Å². The van der Waals surface area contributed by atoms with Gasteiger partial charge in [-0.15, -0.1) is 0 Å². The second-order valence-electron chi connectivity index (χ2n) is 5.41. The number of benzene rings is 1. The minimum absolute atomic E-state index is 0.0248. The summed E-state index contributed by atoms with van der Waals surface area (Å²) in [5.74, 6) is -1.52. The topological polar surface area (TPSA) is 41.1 Å². The van der Waals surface area contributed by atoms with Crippen LogP contribution in [0.4, 0.5) is 14.5 Å². The van der Waals surface area contributed by atoms with Crippen LogP contribution in [0.25, 0.3) is 0 Å². The molecule has 2 atom stereocenters. The molecule has 0 saturated heterocycles. The smallest absolute Gasteiger partial charge is 0.251 e. The van der Waals surface area contributed by atoms with Crippen molar-refractivity contribution in [1.82, 2.24) is 5.32 Å². The van der Waals surface area contributed by atoms with E-state index in [1.165, 1.54) is 13.5 Å². The lowest BCUT2D eigenvalue weighted by Crippen LogP contribution is -2.41. The fraction of sp³-hybridized carbons (Fsp3) is 0.533. The first kappa shape index (κ1) is 14.8. The first-order valence-corrected chi connectivity index (χ1v) is 7.00. The van der Waals surface area contributed by atoms with Crippen LogP contribution in [-0.4, -0.2) is 19.0 Å². The fourth-order valence-electron chi connectivity index (χ4n) is 2.73. The highest BCUT2D eigenvalue weighted by atomic mass is 19.1. The number of nitrogens with one attached hydrogen (secondary N) is 2. The Balaban J connectivity index is 2.13. The van der Waals surface area contributed by atoms with E-state index in [-0.39, 0.29) is 17.3 Å². The summed E-state index contributed by atoms with van der Waals surface area (Å²) < 4.78 is 27.3. The maximum atomic E-state index is 13.6. The summed E-state index contributed by atoms with van der Waals surface area (Å²) in [5.41, 5.74) is -0.190. The third-order valence-electron chi connectivity index (χ3n) is 3.98. The van der Waals surface area contributed by atoms with Crippen molar-refractivity contribution in [3.05, 3.63) is 29.3 Å². The van der Waals surface area contributed by atoms with Crippen LogP contribution >= 0.6 is 0 Å². The molecule has 1 amide bonds. The normalized spacial score (nSPS) is 22.4. The van der Waals surface area contributed by atoms with Crippen LogP contribution in [-0.2, 0) is 0 Å². The number of rotatable bonds is 3. The van der Waals surface area contributed by atoms with Crippen LogP contribution in [0.2, 0.25) is 0 Å². The van der Waals surface area contributed by atoms with Crippen molar-refractivity contribution in [3.63, 3.8) is 0 Å². The largest absolute Gasteiger partial charge is 0.383 e. The highest BCUT2D eigenvalue weighted by Gasteiger charge is 2.24. The third-order valence-corrected chi connectivity index (χ3v) is 3.98. The van der Waals surface area contributed by atoms with E-state index < -0.39 is 17.5 Å². The molecule has 0 spiro atoms. The lowest BCUT2D eigenvalue weighted by molar-refractivity contribution is 0.0909. The predicted octanol–water partition coefficient (Wildman–Crippen LogP) is 3.32. The van der Waals surface area contributed by atoms with E-state index in [2.05, 4.69) is 17.6 Å². The number of carbonyl (C=O) groups excluding carboxylic acids is 1. The highest BCUT2D eigenvalue weighted by molar-refractivity contribution is 5.94. The standard InChI is InChI=1S/C15H20F2N2O/c1-9-5-3-4-6-13(9)19-15(20)10-7-11(16)14(18-2)12(17)8-10/h7-9,13,18H,3-6H2,1-2H3,(H,19,20). The molecular formula is C15H20F2N2O. The quantitative estimate of drug-likeness (QED) is 0.893. The molecule has 1 fully saturated rings. The van der Waals surface area contributed by atoms with Crippen LogP contribution in [0, 0.1) is 17.6 Å².